The first-order valence-corrected chi connectivity index (χ1v) is 14.5. The van der Waals surface area contributed by atoms with Crippen molar-refractivity contribution in [2.75, 3.05) is 39.9 Å². The molecule has 2 aromatic heterocycles. The summed E-state index contributed by atoms with van der Waals surface area (Å²) >= 11 is 6.94. The minimum atomic E-state index is -0.192. The van der Waals surface area contributed by atoms with Crippen LogP contribution >= 0.6 is 11.6 Å². The molecule has 6 rings (SSSR count). The lowest BCUT2D eigenvalue weighted by Crippen LogP contribution is -2.39. The van der Waals surface area contributed by atoms with Crippen LogP contribution in [0.4, 0.5) is 0 Å². The summed E-state index contributed by atoms with van der Waals surface area (Å²) in [5.74, 6) is 0.292. The monoisotopic (exact) mass is 581 g/mol. The van der Waals surface area contributed by atoms with Crippen LogP contribution < -0.4 is 10.3 Å². The number of fused-ring (bicyclic) bond motifs is 1. The van der Waals surface area contributed by atoms with Gasteiger partial charge in [-0.25, -0.2) is 0 Å². The average Bonchev–Trinajstić information content (AvgIpc) is 3.62. The average molecular weight is 582 g/mol. The molecule has 2 saturated heterocycles. The number of ether oxygens (including phenoxy) is 2. The van der Waals surface area contributed by atoms with Crippen molar-refractivity contribution in [3.05, 3.63) is 67.9 Å². The first-order chi connectivity index (χ1) is 19.3. The number of amides is 1. The third kappa shape index (κ3) is 5.80. The molecule has 0 spiro atoms. The van der Waals surface area contributed by atoms with E-state index in [1.807, 2.05) is 32.2 Å². The molecule has 0 unspecified atom stereocenters. The summed E-state index contributed by atoms with van der Waals surface area (Å²) in [7, 11) is 2.15. The zero-order chi connectivity index (χ0) is 28.0. The van der Waals surface area contributed by atoms with Gasteiger partial charge >= 0.3 is 0 Å². The van der Waals surface area contributed by atoms with Gasteiger partial charge in [-0.2, -0.15) is 5.10 Å². The third-order valence-corrected chi connectivity index (χ3v) is 8.85. The van der Waals surface area contributed by atoms with Gasteiger partial charge in [0.2, 0.25) is 0 Å². The number of aromatic nitrogens is 3. The molecule has 0 radical (unpaired) electrons. The van der Waals surface area contributed by atoms with Gasteiger partial charge in [0.1, 0.15) is 11.9 Å². The molecule has 1 atom stereocenters. The standard InChI is InChI=1S/C30H36ClN5O4.CH4/c1-18-12-19(2)33-29(37)25(18)16-35-10-6-23-24(20-14-32-36(15-20)21-4-8-34(3)9-5-21)13-26(28(31)27(23)30(35)38)40-22-7-11-39-17-22;/h12-15,21-22H,4-11,16-17H2,1-3H3,(H,33,37);1H4/t22-;/m1./s1. The van der Waals surface area contributed by atoms with Crippen LogP contribution in [-0.2, 0) is 17.7 Å². The first kappa shape index (κ1) is 29.4. The maximum Gasteiger partial charge on any atom is 0.256 e. The van der Waals surface area contributed by atoms with Crippen LogP contribution in [0.2, 0.25) is 5.02 Å². The van der Waals surface area contributed by atoms with E-state index in [9.17, 15) is 9.59 Å². The highest BCUT2D eigenvalue weighted by atomic mass is 35.5. The zero-order valence-electron chi connectivity index (χ0n) is 23.3. The SMILES string of the molecule is C.Cc1cc(C)c(CN2CCc3c(-c4cnn(C5CCN(C)CC5)c4)cc(O[C@@H]4CCOC4)c(Cl)c3C2=O)c(=O)[nH]1. The molecule has 9 nitrogen and oxygen atoms in total. The van der Waals surface area contributed by atoms with Gasteiger partial charge in [-0.1, -0.05) is 19.0 Å². The van der Waals surface area contributed by atoms with Gasteiger partial charge in [-0.05, 0) is 82.1 Å². The Balaban J connectivity index is 0.00000337. The van der Waals surface area contributed by atoms with Crippen LogP contribution in [0.25, 0.3) is 11.1 Å². The number of likely N-dealkylation sites (tertiary alicyclic amines) is 1. The number of rotatable bonds is 6. The van der Waals surface area contributed by atoms with Crippen molar-refractivity contribution in [1.29, 1.82) is 0 Å². The molecule has 0 aliphatic carbocycles. The Morgan fingerprint density at radius 1 is 1.15 bits per heavy atom. The van der Waals surface area contributed by atoms with Crippen LogP contribution in [0.3, 0.4) is 0 Å². The number of piperidine rings is 1. The minimum absolute atomic E-state index is 0. The van der Waals surface area contributed by atoms with Crippen molar-refractivity contribution in [3.8, 4) is 16.9 Å². The Hall–Kier alpha value is -3.14. The normalized spacial score (nSPS) is 19.8. The number of nitrogens with zero attached hydrogens (tertiary/aromatic N) is 4. The second-order valence-corrected chi connectivity index (χ2v) is 11.7. The minimum Gasteiger partial charge on any atom is -0.486 e. The van der Waals surface area contributed by atoms with Crippen LogP contribution in [0.1, 0.15) is 65.5 Å². The largest absolute Gasteiger partial charge is 0.486 e. The Morgan fingerprint density at radius 2 is 1.93 bits per heavy atom. The number of benzene rings is 1. The van der Waals surface area contributed by atoms with Gasteiger partial charge in [0.05, 0.1) is 42.6 Å². The molecule has 0 saturated carbocycles. The molecule has 3 aromatic rings. The van der Waals surface area contributed by atoms with Gasteiger partial charge in [-0.15, -0.1) is 0 Å². The number of hydrogen-bond donors (Lipinski definition) is 1. The fourth-order valence-electron chi connectivity index (χ4n) is 6.15. The molecule has 10 heteroatoms. The van der Waals surface area contributed by atoms with Crippen LogP contribution in [-0.4, -0.2) is 76.5 Å². The van der Waals surface area contributed by atoms with Crippen LogP contribution in [0.15, 0.2) is 29.3 Å². The van der Waals surface area contributed by atoms with Gasteiger partial charge in [0.25, 0.3) is 11.5 Å². The first-order valence-electron chi connectivity index (χ1n) is 14.1. The maximum absolute atomic E-state index is 14.0. The summed E-state index contributed by atoms with van der Waals surface area (Å²) in [4.78, 5) is 33.7. The molecule has 220 valence electrons. The number of carbonyl (C=O) groups excluding carboxylic acids is 1. The highest BCUT2D eigenvalue weighted by Gasteiger charge is 2.33. The van der Waals surface area contributed by atoms with Crippen molar-refractivity contribution >= 4 is 17.5 Å². The van der Waals surface area contributed by atoms with Gasteiger partial charge in [-0.3, -0.25) is 14.3 Å². The summed E-state index contributed by atoms with van der Waals surface area (Å²) in [5.41, 5.74) is 5.32. The summed E-state index contributed by atoms with van der Waals surface area (Å²) in [6.07, 6.45) is 7.35. The smallest absolute Gasteiger partial charge is 0.256 e. The van der Waals surface area contributed by atoms with Crippen molar-refractivity contribution < 1.29 is 14.3 Å². The summed E-state index contributed by atoms with van der Waals surface area (Å²) in [5, 5.41) is 5.05. The Labute approximate surface area is 246 Å². The van der Waals surface area contributed by atoms with Crippen molar-refractivity contribution in [3.63, 3.8) is 0 Å². The molecule has 41 heavy (non-hydrogen) atoms. The van der Waals surface area contributed by atoms with Gasteiger partial charge < -0.3 is 24.3 Å². The van der Waals surface area contributed by atoms with E-state index < -0.39 is 0 Å². The number of carbonyl (C=O) groups is 1. The lowest BCUT2D eigenvalue weighted by Gasteiger charge is -2.31. The molecule has 1 N–H and O–H groups in total. The molecule has 1 aromatic carbocycles. The lowest BCUT2D eigenvalue weighted by atomic mass is 9.90. The molecule has 0 bridgehead atoms. The van der Waals surface area contributed by atoms with Crippen molar-refractivity contribution in [2.45, 2.75) is 65.6 Å². The van der Waals surface area contributed by atoms with E-state index in [0.29, 0.717) is 54.1 Å². The van der Waals surface area contributed by atoms with Gasteiger partial charge in [0.15, 0.2) is 0 Å². The Morgan fingerprint density at radius 3 is 2.63 bits per heavy atom. The highest BCUT2D eigenvalue weighted by molar-refractivity contribution is 6.35. The quantitative estimate of drug-likeness (QED) is 0.450. The molecule has 5 heterocycles. The van der Waals surface area contributed by atoms with E-state index in [1.54, 1.807) is 4.90 Å². The van der Waals surface area contributed by atoms with Crippen LogP contribution in [0, 0.1) is 13.8 Å². The molecule has 3 aliphatic rings. The topological polar surface area (TPSA) is 92.7 Å². The number of halogens is 1. The molecular weight excluding hydrogens is 542 g/mol. The van der Waals surface area contributed by atoms with E-state index >= 15 is 0 Å². The molecule has 1 amide bonds. The predicted molar refractivity (Wildman–Crippen MR) is 160 cm³/mol. The van der Waals surface area contributed by atoms with E-state index in [4.69, 9.17) is 26.2 Å². The predicted octanol–water partition coefficient (Wildman–Crippen LogP) is 4.78. The van der Waals surface area contributed by atoms with Gasteiger partial charge in [0, 0.05) is 36.0 Å². The fourth-order valence-corrected chi connectivity index (χ4v) is 6.44. The van der Waals surface area contributed by atoms with E-state index in [-0.39, 0.29) is 31.5 Å². The molecule has 2 fully saturated rings. The zero-order valence-corrected chi connectivity index (χ0v) is 24.1. The maximum atomic E-state index is 14.0. The van der Waals surface area contributed by atoms with E-state index in [1.165, 1.54) is 0 Å². The Bertz CT molecular complexity index is 1480. The van der Waals surface area contributed by atoms with Crippen LogP contribution in [0.5, 0.6) is 5.75 Å². The van der Waals surface area contributed by atoms with Crippen molar-refractivity contribution in [2.24, 2.45) is 0 Å². The molecular formula is C31H40ClN5O4. The number of aromatic amines is 1. The van der Waals surface area contributed by atoms with Crippen molar-refractivity contribution in [1.82, 2.24) is 24.6 Å². The fraction of sp³-hybridized carbons (Fsp3) is 0.516. The lowest BCUT2D eigenvalue weighted by molar-refractivity contribution is 0.0725. The second kappa shape index (κ2) is 12.0. The third-order valence-electron chi connectivity index (χ3n) is 8.47. The number of pyridine rings is 1. The second-order valence-electron chi connectivity index (χ2n) is 11.4. The van der Waals surface area contributed by atoms with E-state index in [0.717, 1.165) is 60.3 Å². The number of nitrogens with one attached hydrogen (secondary N) is 1. The summed E-state index contributed by atoms with van der Waals surface area (Å²) in [6, 6.07) is 4.25. The van der Waals surface area contributed by atoms with E-state index in [2.05, 4.69) is 27.8 Å². The number of H-pyrrole nitrogens is 1. The summed E-state index contributed by atoms with van der Waals surface area (Å²) in [6.45, 7) is 7.70. The molecule has 3 aliphatic heterocycles. The Kier molecular flexibility index (Phi) is 8.59. The number of hydrogen-bond acceptors (Lipinski definition) is 6. The summed E-state index contributed by atoms with van der Waals surface area (Å²) < 4.78 is 13.9. The highest BCUT2D eigenvalue weighted by Crippen LogP contribution is 2.42. The number of aryl methyl sites for hydroxylation is 2.